The van der Waals surface area contributed by atoms with Gasteiger partial charge < -0.3 is 10.2 Å². The highest BCUT2D eigenvalue weighted by molar-refractivity contribution is 7.85. The molecule has 29 heavy (non-hydrogen) atoms. The van der Waals surface area contributed by atoms with Gasteiger partial charge in [0.2, 0.25) is 0 Å². The molecule has 0 saturated heterocycles. The molecule has 6 nitrogen and oxygen atoms in total. The lowest BCUT2D eigenvalue weighted by Gasteiger charge is -2.21. The molecular formula is C22H19N3O3S. The van der Waals surface area contributed by atoms with Crippen molar-refractivity contribution in [2.24, 2.45) is 0 Å². The molecule has 0 radical (unpaired) electrons. The summed E-state index contributed by atoms with van der Waals surface area (Å²) in [5.74, 6) is -0.490. The second kappa shape index (κ2) is 7.97. The smallest absolute Gasteiger partial charge is 0.259 e. The van der Waals surface area contributed by atoms with E-state index in [0.717, 1.165) is 5.56 Å². The van der Waals surface area contributed by atoms with Crippen LogP contribution in [0.3, 0.4) is 0 Å². The van der Waals surface area contributed by atoms with Gasteiger partial charge in [-0.3, -0.25) is 14.6 Å². The van der Waals surface area contributed by atoms with E-state index in [1.807, 2.05) is 19.1 Å². The fraction of sp³-hybridized carbons (Fsp3) is 0.136. The first-order valence-corrected chi connectivity index (χ1v) is 10.4. The number of benzene rings is 2. The van der Waals surface area contributed by atoms with Gasteiger partial charge in [0.15, 0.2) is 0 Å². The molecule has 2 aromatic carbocycles. The van der Waals surface area contributed by atoms with E-state index < -0.39 is 10.8 Å². The predicted octanol–water partition coefficient (Wildman–Crippen LogP) is 3.16. The van der Waals surface area contributed by atoms with E-state index in [-0.39, 0.29) is 11.8 Å². The molecule has 0 aliphatic carbocycles. The molecule has 1 atom stereocenters. The number of anilines is 1. The van der Waals surface area contributed by atoms with Gasteiger partial charge in [0.25, 0.3) is 11.8 Å². The molecule has 1 aliphatic rings. The van der Waals surface area contributed by atoms with Crippen molar-refractivity contribution in [2.75, 3.05) is 11.4 Å². The molecule has 7 heteroatoms. The Balaban J connectivity index is 1.69. The van der Waals surface area contributed by atoms with Crippen LogP contribution in [-0.4, -0.2) is 27.6 Å². The van der Waals surface area contributed by atoms with Crippen LogP contribution in [0.5, 0.6) is 0 Å². The standard InChI is InChI=1S/C22H19N3O3S/c1-2-25-18-12-16(21(26)24-14-15-6-5-11-23-13-15)9-10-20(18)29(28)19-8-4-3-7-17(19)22(25)27/h3-13H,2,14H2,1H3,(H,24,26)/t29-/m0/s1. The number of fused-ring (bicyclic) bond motifs is 2. The lowest BCUT2D eigenvalue weighted by Crippen LogP contribution is -2.31. The molecule has 1 aliphatic heterocycles. The quantitative estimate of drug-likeness (QED) is 0.723. The monoisotopic (exact) mass is 405 g/mol. The average molecular weight is 405 g/mol. The van der Waals surface area contributed by atoms with Gasteiger partial charge >= 0.3 is 0 Å². The lowest BCUT2D eigenvalue weighted by molar-refractivity contribution is 0.0947. The summed E-state index contributed by atoms with van der Waals surface area (Å²) in [4.78, 5) is 32.3. The number of carbonyl (C=O) groups is 2. The molecule has 2 amide bonds. The Bertz CT molecular complexity index is 1120. The highest BCUT2D eigenvalue weighted by Gasteiger charge is 2.30. The minimum Gasteiger partial charge on any atom is -0.348 e. The normalized spacial score (nSPS) is 15.3. The number of carbonyl (C=O) groups excluding carboxylic acids is 2. The summed E-state index contributed by atoms with van der Waals surface area (Å²) in [6.07, 6.45) is 3.36. The van der Waals surface area contributed by atoms with Crippen LogP contribution in [0.2, 0.25) is 0 Å². The molecule has 0 fully saturated rings. The average Bonchev–Trinajstić information content (AvgIpc) is 2.86. The maximum absolute atomic E-state index is 13.2. The SMILES string of the molecule is CCN1C(=O)c2ccccc2[S@](=O)c2ccc(C(=O)NCc3cccnc3)cc21. The molecule has 0 spiro atoms. The second-order valence-corrected chi connectivity index (χ2v) is 7.96. The zero-order valence-corrected chi connectivity index (χ0v) is 16.6. The molecule has 146 valence electrons. The van der Waals surface area contributed by atoms with E-state index in [1.54, 1.807) is 59.8 Å². The van der Waals surface area contributed by atoms with Crippen molar-refractivity contribution in [3.05, 3.63) is 83.7 Å². The van der Waals surface area contributed by atoms with Crippen LogP contribution in [0, 0.1) is 0 Å². The Morgan fingerprint density at radius 3 is 2.69 bits per heavy atom. The third-order valence-corrected chi connectivity index (χ3v) is 6.27. The number of rotatable bonds is 4. The maximum atomic E-state index is 13.2. The van der Waals surface area contributed by atoms with Gasteiger partial charge in [0.1, 0.15) is 0 Å². The number of hydrogen-bond donors (Lipinski definition) is 1. The molecule has 0 saturated carbocycles. The molecule has 1 aromatic heterocycles. The van der Waals surface area contributed by atoms with Crippen molar-refractivity contribution >= 4 is 28.3 Å². The molecule has 4 rings (SSSR count). The number of nitrogens with one attached hydrogen (secondary N) is 1. The first kappa shape index (κ1) is 19.0. The van der Waals surface area contributed by atoms with E-state index in [2.05, 4.69) is 10.3 Å². The maximum Gasteiger partial charge on any atom is 0.259 e. The lowest BCUT2D eigenvalue weighted by atomic mass is 10.1. The summed E-state index contributed by atoms with van der Waals surface area (Å²) >= 11 is 0. The number of amides is 2. The number of hydrogen-bond acceptors (Lipinski definition) is 4. The van der Waals surface area contributed by atoms with Crippen LogP contribution in [0.1, 0.15) is 33.2 Å². The predicted molar refractivity (Wildman–Crippen MR) is 110 cm³/mol. The highest BCUT2D eigenvalue weighted by Crippen LogP contribution is 2.35. The van der Waals surface area contributed by atoms with E-state index >= 15 is 0 Å². The van der Waals surface area contributed by atoms with Crippen LogP contribution in [-0.2, 0) is 17.3 Å². The summed E-state index contributed by atoms with van der Waals surface area (Å²) in [5.41, 5.74) is 2.21. The number of pyridine rings is 1. The summed E-state index contributed by atoms with van der Waals surface area (Å²) in [5, 5.41) is 2.85. The summed E-state index contributed by atoms with van der Waals surface area (Å²) in [6.45, 7) is 2.60. The van der Waals surface area contributed by atoms with Crippen LogP contribution in [0.15, 0.2) is 76.8 Å². The zero-order chi connectivity index (χ0) is 20.4. The second-order valence-electron chi connectivity index (χ2n) is 6.54. The minimum atomic E-state index is -1.51. The Labute approximate surface area is 171 Å². The van der Waals surface area contributed by atoms with E-state index in [9.17, 15) is 13.8 Å². The largest absolute Gasteiger partial charge is 0.348 e. The van der Waals surface area contributed by atoms with Gasteiger partial charge in [-0.05, 0) is 48.9 Å². The van der Waals surface area contributed by atoms with Gasteiger partial charge in [-0.15, -0.1) is 0 Å². The number of nitrogens with zero attached hydrogens (tertiary/aromatic N) is 2. The van der Waals surface area contributed by atoms with Crippen LogP contribution < -0.4 is 10.2 Å². The third kappa shape index (κ3) is 3.56. The molecule has 3 aromatic rings. The molecule has 1 N–H and O–H groups in total. The summed E-state index contributed by atoms with van der Waals surface area (Å²) in [6, 6.07) is 15.6. The third-order valence-electron chi connectivity index (χ3n) is 4.77. The van der Waals surface area contributed by atoms with E-state index in [1.165, 1.54) is 0 Å². The van der Waals surface area contributed by atoms with Crippen molar-refractivity contribution < 1.29 is 13.8 Å². The van der Waals surface area contributed by atoms with Crippen molar-refractivity contribution in [1.82, 2.24) is 10.3 Å². The Morgan fingerprint density at radius 1 is 1.10 bits per heavy atom. The zero-order valence-electron chi connectivity index (χ0n) is 15.8. The Kier molecular flexibility index (Phi) is 5.22. The van der Waals surface area contributed by atoms with Crippen LogP contribution in [0.4, 0.5) is 5.69 Å². The topological polar surface area (TPSA) is 79.4 Å². The molecule has 2 heterocycles. The fourth-order valence-corrected chi connectivity index (χ4v) is 4.65. The molecule has 0 unspecified atom stereocenters. The van der Waals surface area contributed by atoms with E-state index in [4.69, 9.17) is 0 Å². The van der Waals surface area contributed by atoms with Gasteiger partial charge in [0.05, 0.1) is 31.8 Å². The van der Waals surface area contributed by atoms with Crippen molar-refractivity contribution in [3.63, 3.8) is 0 Å². The first-order chi connectivity index (χ1) is 14.1. The van der Waals surface area contributed by atoms with Gasteiger partial charge in [-0.25, -0.2) is 4.21 Å². The van der Waals surface area contributed by atoms with Crippen molar-refractivity contribution in [2.45, 2.75) is 23.3 Å². The first-order valence-electron chi connectivity index (χ1n) is 9.24. The fourth-order valence-electron chi connectivity index (χ4n) is 3.31. The van der Waals surface area contributed by atoms with Crippen LogP contribution >= 0.6 is 0 Å². The molecular weight excluding hydrogens is 386 g/mol. The van der Waals surface area contributed by atoms with Gasteiger partial charge in [0, 0.05) is 31.0 Å². The summed E-state index contributed by atoms with van der Waals surface area (Å²) < 4.78 is 13.2. The number of aromatic nitrogens is 1. The highest BCUT2D eigenvalue weighted by atomic mass is 32.2. The van der Waals surface area contributed by atoms with Gasteiger partial charge in [-0.2, -0.15) is 0 Å². The Morgan fingerprint density at radius 2 is 1.93 bits per heavy atom. The van der Waals surface area contributed by atoms with Gasteiger partial charge in [-0.1, -0.05) is 18.2 Å². The molecule has 0 bridgehead atoms. The summed E-state index contributed by atoms with van der Waals surface area (Å²) in [7, 11) is -1.51. The minimum absolute atomic E-state index is 0.219. The van der Waals surface area contributed by atoms with E-state index in [0.29, 0.717) is 39.7 Å². The Hall–Kier alpha value is -3.32. The van der Waals surface area contributed by atoms with Crippen molar-refractivity contribution in [3.8, 4) is 0 Å². The van der Waals surface area contributed by atoms with Crippen LogP contribution in [0.25, 0.3) is 0 Å². The van der Waals surface area contributed by atoms with Crippen molar-refractivity contribution in [1.29, 1.82) is 0 Å².